The van der Waals surface area contributed by atoms with Crippen molar-refractivity contribution in [3.8, 4) is 5.75 Å². The molecule has 1 aromatic rings. The summed E-state index contributed by atoms with van der Waals surface area (Å²) < 4.78 is 5.45. The Morgan fingerprint density at radius 3 is 2.68 bits per heavy atom. The Kier molecular flexibility index (Phi) is 5.06. The number of hydrogen-bond acceptors (Lipinski definition) is 3. The van der Waals surface area contributed by atoms with Crippen LogP contribution >= 0.6 is 0 Å². The highest BCUT2D eigenvalue weighted by Crippen LogP contribution is 2.44. The van der Waals surface area contributed by atoms with E-state index in [9.17, 15) is 14.7 Å². The molecule has 1 aliphatic rings. The summed E-state index contributed by atoms with van der Waals surface area (Å²) in [5.41, 5.74) is 0.0917. The Balaban J connectivity index is 1.96. The molecule has 2 rings (SSSR count). The highest BCUT2D eigenvalue weighted by Gasteiger charge is 2.45. The van der Waals surface area contributed by atoms with E-state index in [0.29, 0.717) is 19.4 Å². The van der Waals surface area contributed by atoms with Crippen LogP contribution in [0.1, 0.15) is 51.1 Å². The van der Waals surface area contributed by atoms with Crippen molar-refractivity contribution in [2.24, 2.45) is 5.41 Å². The van der Waals surface area contributed by atoms with Gasteiger partial charge >= 0.3 is 5.97 Å². The monoisotopic (exact) mass is 305 g/mol. The highest BCUT2D eigenvalue weighted by atomic mass is 16.5. The fraction of sp³-hybridized carbons (Fsp3) is 0.529. The number of benzene rings is 1. The molecule has 0 aromatic heterocycles. The lowest BCUT2D eigenvalue weighted by Gasteiger charge is -2.37. The number of carbonyl (C=O) groups excluding carboxylic acids is 1. The van der Waals surface area contributed by atoms with Gasteiger partial charge in [-0.1, -0.05) is 18.6 Å². The van der Waals surface area contributed by atoms with Crippen LogP contribution < -0.4 is 10.1 Å². The molecule has 120 valence electrons. The van der Waals surface area contributed by atoms with E-state index < -0.39 is 11.4 Å². The number of hydrogen-bond donors (Lipinski definition) is 2. The van der Waals surface area contributed by atoms with Crippen LogP contribution in [-0.2, 0) is 9.59 Å². The molecule has 0 bridgehead atoms. The van der Waals surface area contributed by atoms with Gasteiger partial charge in [-0.3, -0.25) is 9.59 Å². The van der Waals surface area contributed by atoms with Crippen molar-refractivity contribution >= 4 is 11.9 Å². The minimum atomic E-state index is -0.861. The average molecular weight is 305 g/mol. The Bertz CT molecular complexity index is 551. The van der Waals surface area contributed by atoms with Gasteiger partial charge in [-0.05, 0) is 44.4 Å². The number of amides is 1. The second-order valence-corrected chi connectivity index (χ2v) is 5.91. The first kappa shape index (κ1) is 16.3. The van der Waals surface area contributed by atoms with Gasteiger partial charge in [0.05, 0.1) is 18.1 Å². The molecule has 1 aromatic carbocycles. The first-order chi connectivity index (χ1) is 10.5. The fourth-order valence-electron chi connectivity index (χ4n) is 2.79. The van der Waals surface area contributed by atoms with Gasteiger partial charge in [-0.25, -0.2) is 0 Å². The van der Waals surface area contributed by atoms with Crippen LogP contribution in [0.3, 0.4) is 0 Å². The molecule has 0 saturated heterocycles. The number of carbonyl (C=O) groups is 2. The van der Waals surface area contributed by atoms with E-state index >= 15 is 0 Å². The van der Waals surface area contributed by atoms with Crippen LogP contribution in [0.5, 0.6) is 5.75 Å². The summed E-state index contributed by atoms with van der Waals surface area (Å²) in [6.07, 6.45) is 2.11. The Hall–Kier alpha value is -2.04. The Morgan fingerprint density at radius 2 is 2.14 bits per heavy atom. The van der Waals surface area contributed by atoms with Crippen LogP contribution in [0.4, 0.5) is 0 Å². The van der Waals surface area contributed by atoms with E-state index in [1.54, 1.807) is 0 Å². The molecule has 0 aliphatic heterocycles. The predicted molar refractivity (Wildman–Crippen MR) is 82.7 cm³/mol. The van der Waals surface area contributed by atoms with Crippen LogP contribution in [0.15, 0.2) is 24.3 Å². The molecule has 0 heterocycles. The quantitative estimate of drug-likeness (QED) is 0.812. The average Bonchev–Trinajstić information content (AvgIpc) is 2.43. The molecule has 22 heavy (non-hydrogen) atoms. The third-order valence-corrected chi connectivity index (χ3v) is 4.31. The molecule has 2 N–H and O–H groups in total. The lowest BCUT2D eigenvalue weighted by molar-refractivity contribution is -0.157. The van der Waals surface area contributed by atoms with Gasteiger partial charge < -0.3 is 15.2 Å². The molecule has 1 aliphatic carbocycles. The molecule has 1 amide bonds. The lowest BCUT2D eigenvalue weighted by atomic mass is 9.66. The largest absolute Gasteiger partial charge is 0.494 e. The topological polar surface area (TPSA) is 75.6 Å². The molecule has 1 saturated carbocycles. The molecule has 5 heteroatoms. The van der Waals surface area contributed by atoms with Crippen molar-refractivity contribution in [1.82, 2.24) is 5.32 Å². The second kappa shape index (κ2) is 6.81. The van der Waals surface area contributed by atoms with Crippen molar-refractivity contribution in [1.29, 1.82) is 0 Å². The first-order valence-corrected chi connectivity index (χ1v) is 7.72. The van der Waals surface area contributed by atoms with Gasteiger partial charge in [-0.15, -0.1) is 0 Å². The number of ether oxygens (including phenoxy) is 1. The maximum Gasteiger partial charge on any atom is 0.310 e. The smallest absolute Gasteiger partial charge is 0.310 e. The summed E-state index contributed by atoms with van der Waals surface area (Å²) >= 11 is 0. The van der Waals surface area contributed by atoms with Gasteiger partial charge in [0.1, 0.15) is 5.75 Å². The molecular weight excluding hydrogens is 282 g/mol. The normalized spacial score (nSPS) is 17.2. The third kappa shape index (κ3) is 3.59. The van der Waals surface area contributed by atoms with Crippen LogP contribution in [0.25, 0.3) is 0 Å². The summed E-state index contributed by atoms with van der Waals surface area (Å²) in [4.78, 5) is 23.5. The molecule has 1 fully saturated rings. The van der Waals surface area contributed by atoms with Crippen LogP contribution in [0, 0.1) is 5.41 Å². The molecular formula is C17H23NO4. The summed E-state index contributed by atoms with van der Waals surface area (Å²) in [6, 6.07) is 7.39. The van der Waals surface area contributed by atoms with E-state index in [2.05, 4.69) is 5.32 Å². The third-order valence-electron chi connectivity index (χ3n) is 4.31. The molecule has 1 unspecified atom stereocenters. The van der Waals surface area contributed by atoms with Crippen molar-refractivity contribution in [2.75, 3.05) is 6.61 Å². The predicted octanol–water partition coefficient (Wildman–Crippen LogP) is 2.91. The zero-order valence-corrected chi connectivity index (χ0v) is 13.1. The summed E-state index contributed by atoms with van der Waals surface area (Å²) in [7, 11) is 0. The SMILES string of the molecule is CCOc1cccc(C(C)NC(=O)CC2(C(=O)O)CCC2)c1. The molecule has 0 spiro atoms. The number of carboxylic acids is 1. The maximum atomic E-state index is 12.1. The fourth-order valence-corrected chi connectivity index (χ4v) is 2.79. The standard InChI is InChI=1S/C17H23NO4/c1-3-22-14-7-4-6-13(10-14)12(2)18-15(19)11-17(16(20)21)8-5-9-17/h4,6-7,10,12H,3,5,8-9,11H2,1-2H3,(H,18,19)(H,20,21). The highest BCUT2D eigenvalue weighted by molar-refractivity contribution is 5.85. The minimum absolute atomic E-state index is 0.0534. The Labute approximate surface area is 130 Å². The van der Waals surface area contributed by atoms with Gasteiger partial charge in [0, 0.05) is 6.42 Å². The van der Waals surface area contributed by atoms with E-state index in [1.165, 1.54) is 0 Å². The van der Waals surface area contributed by atoms with E-state index in [1.807, 2.05) is 38.1 Å². The maximum absolute atomic E-state index is 12.1. The van der Waals surface area contributed by atoms with Gasteiger partial charge in [0.15, 0.2) is 0 Å². The van der Waals surface area contributed by atoms with Crippen molar-refractivity contribution in [3.05, 3.63) is 29.8 Å². The molecule has 5 nitrogen and oxygen atoms in total. The van der Waals surface area contributed by atoms with Crippen LogP contribution in [-0.4, -0.2) is 23.6 Å². The van der Waals surface area contributed by atoms with Crippen LogP contribution in [0.2, 0.25) is 0 Å². The van der Waals surface area contributed by atoms with E-state index in [4.69, 9.17) is 4.74 Å². The number of nitrogens with one attached hydrogen (secondary N) is 1. The van der Waals surface area contributed by atoms with Crippen molar-refractivity contribution < 1.29 is 19.4 Å². The van der Waals surface area contributed by atoms with E-state index in [-0.39, 0.29) is 18.4 Å². The van der Waals surface area contributed by atoms with Crippen molar-refractivity contribution in [3.63, 3.8) is 0 Å². The number of aliphatic carboxylic acids is 1. The van der Waals surface area contributed by atoms with Gasteiger partial charge in [-0.2, -0.15) is 0 Å². The number of carboxylic acid groups (broad SMARTS) is 1. The van der Waals surface area contributed by atoms with Crippen molar-refractivity contribution in [2.45, 2.75) is 45.6 Å². The summed E-state index contributed by atoms with van der Waals surface area (Å²) in [5, 5.41) is 12.2. The second-order valence-electron chi connectivity index (χ2n) is 5.91. The zero-order chi connectivity index (χ0) is 16.2. The molecule has 1 atom stereocenters. The molecule has 0 radical (unpaired) electrons. The first-order valence-electron chi connectivity index (χ1n) is 7.72. The minimum Gasteiger partial charge on any atom is -0.494 e. The lowest BCUT2D eigenvalue weighted by Crippen LogP contribution is -2.43. The van der Waals surface area contributed by atoms with Gasteiger partial charge in [0.25, 0.3) is 0 Å². The zero-order valence-electron chi connectivity index (χ0n) is 13.1. The summed E-state index contributed by atoms with van der Waals surface area (Å²) in [6.45, 7) is 4.39. The summed E-state index contributed by atoms with van der Waals surface area (Å²) in [5.74, 6) is -0.307. The van der Waals surface area contributed by atoms with Gasteiger partial charge in [0.2, 0.25) is 5.91 Å². The number of rotatable bonds is 7. The van der Waals surface area contributed by atoms with E-state index in [0.717, 1.165) is 17.7 Å². The Morgan fingerprint density at radius 1 is 1.41 bits per heavy atom.